The van der Waals surface area contributed by atoms with Crippen molar-refractivity contribution in [1.82, 2.24) is 5.01 Å². The number of rotatable bonds is 2. The highest BCUT2D eigenvalue weighted by Gasteiger charge is 2.63. The van der Waals surface area contributed by atoms with E-state index in [0.29, 0.717) is 23.1 Å². The van der Waals surface area contributed by atoms with Crippen molar-refractivity contribution in [2.24, 2.45) is 17.8 Å². The van der Waals surface area contributed by atoms with Crippen LogP contribution in [0.15, 0.2) is 36.4 Å². The van der Waals surface area contributed by atoms with Gasteiger partial charge in [-0.05, 0) is 75.8 Å². The molecule has 2 aromatic carbocycles. The molecule has 2 aromatic rings. The van der Waals surface area contributed by atoms with Gasteiger partial charge in [0.2, 0.25) is 0 Å². The van der Waals surface area contributed by atoms with Crippen molar-refractivity contribution in [3.63, 3.8) is 0 Å². The Labute approximate surface area is 175 Å². The number of hydrazine groups is 1. The number of nitrogens with zero attached hydrogens (tertiary/aromatic N) is 2. The van der Waals surface area contributed by atoms with Crippen LogP contribution < -0.4 is 5.01 Å². The highest BCUT2D eigenvalue weighted by atomic mass is 35.5. The third kappa shape index (κ3) is 2.32. The van der Waals surface area contributed by atoms with E-state index in [-0.39, 0.29) is 22.6 Å². The summed E-state index contributed by atoms with van der Waals surface area (Å²) in [6, 6.07) is 11.1. The fraction of sp³-hybridized carbons (Fsp3) is 0.542. The second kappa shape index (κ2) is 5.66. The summed E-state index contributed by atoms with van der Waals surface area (Å²) in [6.07, 6.45) is 5.51. The summed E-state index contributed by atoms with van der Waals surface area (Å²) in [6.45, 7) is 3.95. The topological polar surface area (TPSA) is 23.6 Å². The van der Waals surface area contributed by atoms with Gasteiger partial charge in [0, 0.05) is 15.6 Å². The number of carbonyl (C=O) groups excluding carboxylic acids is 1. The summed E-state index contributed by atoms with van der Waals surface area (Å²) in [7, 11) is 0. The highest BCUT2D eigenvalue weighted by molar-refractivity contribution is 6.24. The van der Waals surface area contributed by atoms with Gasteiger partial charge in [-0.25, -0.2) is 9.40 Å². The first-order valence-electron chi connectivity index (χ1n) is 10.8. The van der Waals surface area contributed by atoms with E-state index >= 15 is 0 Å². The van der Waals surface area contributed by atoms with E-state index in [1.807, 2.05) is 49.2 Å². The number of hydrogen-bond acceptors (Lipinski definition) is 2. The van der Waals surface area contributed by atoms with Gasteiger partial charge in [0.25, 0.3) is 5.91 Å². The van der Waals surface area contributed by atoms with Crippen molar-refractivity contribution >= 4 is 34.0 Å². The minimum Gasteiger partial charge on any atom is -0.270 e. The van der Waals surface area contributed by atoms with Crippen LogP contribution in [0.25, 0.3) is 10.8 Å². The SMILES string of the molecule is CC1(C)C(=O)N(C2[C@@H]3CC4C[C@H]2CC(Cl)(C4)C3)N1c1ccc(F)c2ccccc12. The molecule has 0 spiro atoms. The molecule has 3 unspecified atom stereocenters. The summed E-state index contributed by atoms with van der Waals surface area (Å²) in [5.41, 5.74) is 0.287. The summed E-state index contributed by atoms with van der Waals surface area (Å²) in [4.78, 5) is 13.3. The van der Waals surface area contributed by atoms with Crippen LogP contribution in [-0.2, 0) is 4.79 Å². The summed E-state index contributed by atoms with van der Waals surface area (Å²) < 4.78 is 14.4. The first-order chi connectivity index (χ1) is 13.8. The Bertz CT molecular complexity index is 1020. The van der Waals surface area contributed by atoms with Crippen molar-refractivity contribution in [1.29, 1.82) is 0 Å². The fourth-order valence-electron chi connectivity index (χ4n) is 7.10. The molecule has 4 saturated carbocycles. The smallest absolute Gasteiger partial charge is 0.268 e. The number of amides is 1. The number of alkyl halides is 1. The Hall–Kier alpha value is -1.81. The van der Waals surface area contributed by atoms with E-state index in [9.17, 15) is 9.18 Å². The largest absolute Gasteiger partial charge is 0.270 e. The number of anilines is 1. The lowest BCUT2D eigenvalue weighted by atomic mass is 9.53. The van der Waals surface area contributed by atoms with Crippen molar-refractivity contribution < 1.29 is 9.18 Å². The minimum atomic E-state index is -0.631. The van der Waals surface area contributed by atoms with Gasteiger partial charge < -0.3 is 0 Å². The van der Waals surface area contributed by atoms with E-state index in [1.165, 1.54) is 18.9 Å². The number of carbonyl (C=O) groups is 1. The molecule has 5 fully saturated rings. The molecule has 7 rings (SSSR count). The maximum Gasteiger partial charge on any atom is 0.268 e. The van der Waals surface area contributed by atoms with Gasteiger partial charge in [-0.1, -0.05) is 24.3 Å². The van der Waals surface area contributed by atoms with Crippen LogP contribution in [0.2, 0.25) is 0 Å². The van der Waals surface area contributed by atoms with Gasteiger partial charge in [-0.2, -0.15) is 0 Å². The van der Waals surface area contributed by atoms with Gasteiger partial charge in [0.05, 0.1) is 11.7 Å². The van der Waals surface area contributed by atoms with Crippen LogP contribution in [0, 0.1) is 23.6 Å². The quantitative estimate of drug-likeness (QED) is 0.607. The average Bonchev–Trinajstić information content (AvgIpc) is 2.67. The Morgan fingerprint density at radius 2 is 1.66 bits per heavy atom. The molecule has 5 aliphatic rings. The summed E-state index contributed by atoms with van der Waals surface area (Å²) in [5.74, 6) is 1.60. The number of fused-ring (bicyclic) bond motifs is 1. The number of halogens is 2. The van der Waals surface area contributed by atoms with Crippen molar-refractivity contribution in [3.05, 3.63) is 42.2 Å². The molecule has 4 aliphatic carbocycles. The molecule has 4 bridgehead atoms. The maximum atomic E-state index is 14.4. The zero-order valence-electron chi connectivity index (χ0n) is 16.9. The molecule has 1 aliphatic heterocycles. The minimum absolute atomic E-state index is 0.0518. The molecule has 1 amide bonds. The normalized spacial score (nSPS) is 37.3. The lowest BCUT2D eigenvalue weighted by Crippen LogP contribution is -2.80. The molecule has 5 atom stereocenters. The van der Waals surface area contributed by atoms with Gasteiger partial charge in [0.15, 0.2) is 0 Å². The molecule has 152 valence electrons. The molecule has 0 aromatic heterocycles. The van der Waals surface area contributed by atoms with E-state index < -0.39 is 5.54 Å². The molecule has 0 radical (unpaired) electrons. The first kappa shape index (κ1) is 18.0. The Morgan fingerprint density at radius 1 is 1.00 bits per heavy atom. The van der Waals surface area contributed by atoms with Gasteiger partial charge >= 0.3 is 0 Å². The predicted molar refractivity (Wildman–Crippen MR) is 113 cm³/mol. The van der Waals surface area contributed by atoms with E-state index in [1.54, 1.807) is 0 Å². The third-order valence-corrected chi connectivity index (χ3v) is 8.45. The van der Waals surface area contributed by atoms with Crippen LogP contribution in [0.3, 0.4) is 0 Å². The monoisotopic (exact) mass is 412 g/mol. The van der Waals surface area contributed by atoms with Crippen LogP contribution >= 0.6 is 11.6 Å². The molecular formula is C24H26ClFN2O. The zero-order valence-corrected chi connectivity index (χ0v) is 17.6. The number of benzene rings is 2. The standard InChI is InChI=1S/C24H26ClFN2O/c1-23(2)22(29)27(21-15-9-14-10-16(21)13-24(25,11-14)12-15)28(23)20-8-7-19(26)17-5-3-4-6-18(17)20/h3-8,14-16,21H,9-13H2,1-2H3/t14?,15-,16+,21?,24?. The van der Waals surface area contributed by atoms with Crippen LogP contribution in [0.1, 0.15) is 46.0 Å². The Kier molecular flexibility index (Phi) is 3.51. The van der Waals surface area contributed by atoms with Crippen LogP contribution in [-0.4, -0.2) is 27.4 Å². The number of hydrogen-bond donors (Lipinski definition) is 0. The summed E-state index contributed by atoms with van der Waals surface area (Å²) >= 11 is 6.94. The molecule has 3 nitrogen and oxygen atoms in total. The molecule has 1 heterocycles. The molecule has 29 heavy (non-hydrogen) atoms. The molecule has 0 N–H and O–H groups in total. The Balaban J connectivity index is 1.45. The molecule has 1 saturated heterocycles. The van der Waals surface area contributed by atoms with Crippen LogP contribution in [0.4, 0.5) is 10.1 Å². The summed E-state index contributed by atoms with van der Waals surface area (Å²) in [5, 5.41) is 5.62. The van der Waals surface area contributed by atoms with Crippen molar-refractivity contribution in [2.75, 3.05) is 5.01 Å². The van der Waals surface area contributed by atoms with Gasteiger partial charge in [-0.15, -0.1) is 11.6 Å². The van der Waals surface area contributed by atoms with E-state index in [0.717, 1.165) is 30.3 Å². The molecular weight excluding hydrogens is 387 g/mol. The van der Waals surface area contributed by atoms with Crippen LogP contribution in [0.5, 0.6) is 0 Å². The fourth-order valence-corrected chi connectivity index (χ4v) is 7.72. The van der Waals surface area contributed by atoms with E-state index in [2.05, 4.69) is 5.01 Å². The van der Waals surface area contributed by atoms with Gasteiger partial charge in [-0.3, -0.25) is 9.80 Å². The van der Waals surface area contributed by atoms with Gasteiger partial charge in [0.1, 0.15) is 11.4 Å². The lowest BCUT2D eigenvalue weighted by molar-refractivity contribution is -0.169. The lowest BCUT2D eigenvalue weighted by Gasteiger charge is -2.67. The second-order valence-corrected chi connectivity index (χ2v) is 11.0. The zero-order chi connectivity index (χ0) is 20.1. The van der Waals surface area contributed by atoms with Crippen molar-refractivity contribution in [3.8, 4) is 0 Å². The third-order valence-electron chi connectivity index (χ3n) is 7.98. The second-order valence-electron chi connectivity index (χ2n) is 10.2. The Morgan fingerprint density at radius 3 is 2.31 bits per heavy atom. The maximum absolute atomic E-state index is 14.4. The average molecular weight is 413 g/mol. The molecule has 5 heteroatoms. The first-order valence-corrected chi connectivity index (χ1v) is 11.2. The predicted octanol–water partition coefficient (Wildman–Crippen LogP) is 5.51. The van der Waals surface area contributed by atoms with E-state index in [4.69, 9.17) is 11.6 Å². The van der Waals surface area contributed by atoms with Crippen molar-refractivity contribution in [2.45, 2.75) is 62.4 Å². The highest BCUT2D eigenvalue weighted by Crippen LogP contribution is 2.61.